The Labute approximate surface area is 139 Å². The molecule has 0 aromatic heterocycles. The van der Waals surface area contributed by atoms with E-state index in [-0.39, 0.29) is 29.2 Å². The van der Waals surface area contributed by atoms with Gasteiger partial charge in [-0.1, -0.05) is 17.7 Å². The molecule has 0 spiro atoms. The molecule has 1 aromatic carbocycles. The molecule has 0 bridgehead atoms. The number of benzene rings is 1. The second-order valence-electron chi connectivity index (χ2n) is 5.64. The third kappa shape index (κ3) is 3.84. The number of sulfone groups is 1. The first kappa shape index (κ1) is 17.3. The molecule has 0 amide bonds. The summed E-state index contributed by atoms with van der Waals surface area (Å²) in [5.41, 5.74) is 0.192. The monoisotopic (exact) mass is 372 g/mol. The van der Waals surface area contributed by atoms with Crippen LogP contribution < -0.4 is 0 Å². The maximum absolute atomic E-state index is 13.1. The fourth-order valence-electron chi connectivity index (χ4n) is 2.82. The summed E-state index contributed by atoms with van der Waals surface area (Å²) < 4.78 is 36.6. The maximum atomic E-state index is 13.1. The molecular formula is C14H16Cl3FO2S. The van der Waals surface area contributed by atoms with Gasteiger partial charge in [0, 0.05) is 22.2 Å². The number of hydrogen-bond donors (Lipinski definition) is 0. The molecule has 118 valence electrons. The minimum Gasteiger partial charge on any atom is -0.229 e. The topological polar surface area (TPSA) is 34.1 Å². The molecule has 1 aliphatic heterocycles. The number of rotatable bonds is 5. The lowest BCUT2D eigenvalue weighted by Gasteiger charge is -2.35. The van der Waals surface area contributed by atoms with Crippen LogP contribution in [0.25, 0.3) is 0 Å². The van der Waals surface area contributed by atoms with Crippen molar-refractivity contribution >= 4 is 44.6 Å². The van der Waals surface area contributed by atoms with Crippen LogP contribution >= 0.6 is 34.8 Å². The Morgan fingerprint density at radius 1 is 1.29 bits per heavy atom. The summed E-state index contributed by atoms with van der Waals surface area (Å²) in [7, 11) is -3.02. The minimum absolute atomic E-state index is 0.0985. The van der Waals surface area contributed by atoms with Gasteiger partial charge in [-0.2, -0.15) is 0 Å². The number of halogens is 4. The van der Waals surface area contributed by atoms with Crippen LogP contribution in [0.4, 0.5) is 4.39 Å². The van der Waals surface area contributed by atoms with Crippen molar-refractivity contribution in [2.24, 2.45) is 11.3 Å². The van der Waals surface area contributed by atoms with Crippen molar-refractivity contribution in [2.45, 2.75) is 12.8 Å². The fraction of sp³-hybridized carbons (Fsp3) is 0.571. The van der Waals surface area contributed by atoms with Crippen molar-refractivity contribution in [2.75, 3.05) is 23.3 Å². The van der Waals surface area contributed by atoms with Gasteiger partial charge in [0.05, 0.1) is 11.5 Å². The zero-order valence-corrected chi connectivity index (χ0v) is 14.4. The Morgan fingerprint density at radius 3 is 2.43 bits per heavy atom. The molecule has 0 aliphatic carbocycles. The van der Waals surface area contributed by atoms with Crippen molar-refractivity contribution in [1.29, 1.82) is 0 Å². The fourth-order valence-corrected chi connectivity index (χ4v) is 5.90. The highest BCUT2D eigenvalue weighted by Gasteiger charge is 2.44. The summed E-state index contributed by atoms with van der Waals surface area (Å²) in [5, 5.41) is 0.315. The molecule has 1 heterocycles. The summed E-state index contributed by atoms with van der Waals surface area (Å²) in [6.07, 6.45) is 1.000. The van der Waals surface area contributed by atoms with Gasteiger partial charge in [-0.25, -0.2) is 12.8 Å². The van der Waals surface area contributed by atoms with E-state index in [0.717, 1.165) is 5.56 Å². The van der Waals surface area contributed by atoms with E-state index in [0.29, 0.717) is 17.9 Å². The van der Waals surface area contributed by atoms with Gasteiger partial charge in [-0.15, -0.1) is 23.2 Å². The van der Waals surface area contributed by atoms with Crippen LogP contribution in [0, 0.1) is 17.2 Å². The quantitative estimate of drug-likeness (QED) is 0.733. The lowest BCUT2D eigenvalue weighted by molar-refractivity contribution is 0.244. The molecule has 0 radical (unpaired) electrons. The molecular weight excluding hydrogens is 358 g/mol. The lowest BCUT2D eigenvalue weighted by Crippen LogP contribution is -2.37. The van der Waals surface area contributed by atoms with Gasteiger partial charge in [0.1, 0.15) is 5.82 Å². The Balaban J connectivity index is 2.30. The van der Waals surface area contributed by atoms with E-state index in [1.54, 1.807) is 6.07 Å². The summed E-state index contributed by atoms with van der Waals surface area (Å²) in [5.74, 6) is 0.248. The molecule has 7 heteroatoms. The van der Waals surface area contributed by atoms with Gasteiger partial charge in [-0.3, -0.25) is 0 Å². The van der Waals surface area contributed by atoms with Crippen LogP contribution in [0.1, 0.15) is 12.0 Å². The van der Waals surface area contributed by atoms with Gasteiger partial charge >= 0.3 is 0 Å². The van der Waals surface area contributed by atoms with E-state index >= 15 is 0 Å². The highest BCUT2D eigenvalue weighted by Crippen LogP contribution is 2.42. The highest BCUT2D eigenvalue weighted by atomic mass is 35.5. The van der Waals surface area contributed by atoms with Crippen molar-refractivity contribution in [3.63, 3.8) is 0 Å². The molecule has 1 unspecified atom stereocenters. The van der Waals surface area contributed by atoms with Gasteiger partial charge < -0.3 is 0 Å². The Bertz CT molecular complexity index is 615. The summed E-state index contributed by atoms with van der Waals surface area (Å²) in [4.78, 5) is 0. The van der Waals surface area contributed by atoms with Crippen LogP contribution in [-0.4, -0.2) is 31.7 Å². The SMILES string of the molecule is O=S1(=O)CCC(C(CCl)(CCl)Cc2ccc(F)cc2Cl)C1. The minimum atomic E-state index is -3.02. The molecule has 21 heavy (non-hydrogen) atoms. The predicted octanol–water partition coefficient (Wildman–Crippen LogP) is 3.92. The molecule has 0 saturated carbocycles. The first-order valence-corrected chi connectivity index (χ1v) is 9.85. The van der Waals surface area contributed by atoms with Crippen molar-refractivity contribution in [3.05, 3.63) is 34.6 Å². The predicted molar refractivity (Wildman–Crippen MR) is 85.7 cm³/mol. The number of alkyl halides is 2. The van der Waals surface area contributed by atoms with Crippen LogP contribution in [0.3, 0.4) is 0 Å². The summed E-state index contributed by atoms with van der Waals surface area (Å²) >= 11 is 18.3. The van der Waals surface area contributed by atoms with Crippen LogP contribution in [0.15, 0.2) is 18.2 Å². The average molecular weight is 374 g/mol. The standard InChI is InChI=1S/C14H16Cl3FO2S/c15-8-14(9-16,11-3-4-21(19,20)7-11)6-10-1-2-12(18)5-13(10)17/h1-2,5,11H,3-4,6-9H2. The first-order chi connectivity index (χ1) is 9.82. The van der Waals surface area contributed by atoms with Crippen LogP contribution in [0.5, 0.6) is 0 Å². The Hall–Kier alpha value is -0.0300. The molecule has 0 N–H and O–H groups in total. The molecule has 2 rings (SSSR count). The van der Waals surface area contributed by atoms with Gasteiger partial charge in [0.25, 0.3) is 0 Å². The Morgan fingerprint density at radius 2 is 1.95 bits per heavy atom. The van der Waals surface area contributed by atoms with E-state index in [4.69, 9.17) is 34.8 Å². The second kappa shape index (κ2) is 6.61. The molecule has 1 saturated heterocycles. The van der Waals surface area contributed by atoms with E-state index in [2.05, 4.69) is 0 Å². The largest absolute Gasteiger partial charge is 0.229 e. The van der Waals surface area contributed by atoms with E-state index in [9.17, 15) is 12.8 Å². The third-order valence-electron chi connectivity index (χ3n) is 4.19. The van der Waals surface area contributed by atoms with E-state index in [1.807, 2.05) is 0 Å². The Kier molecular flexibility index (Phi) is 5.45. The molecule has 2 nitrogen and oxygen atoms in total. The normalized spacial score (nSPS) is 21.6. The third-order valence-corrected chi connectivity index (χ3v) is 7.37. The van der Waals surface area contributed by atoms with Crippen LogP contribution in [0.2, 0.25) is 5.02 Å². The van der Waals surface area contributed by atoms with Gasteiger partial charge in [0.15, 0.2) is 9.84 Å². The smallest absolute Gasteiger partial charge is 0.150 e. The first-order valence-electron chi connectivity index (χ1n) is 6.58. The molecule has 1 aromatic rings. The maximum Gasteiger partial charge on any atom is 0.150 e. The molecule has 1 aliphatic rings. The zero-order chi connectivity index (χ0) is 15.7. The summed E-state index contributed by atoms with van der Waals surface area (Å²) in [6, 6.07) is 4.18. The van der Waals surface area contributed by atoms with E-state index < -0.39 is 21.1 Å². The lowest BCUT2D eigenvalue weighted by atomic mass is 9.73. The summed E-state index contributed by atoms with van der Waals surface area (Å²) in [6.45, 7) is 0. The van der Waals surface area contributed by atoms with Gasteiger partial charge in [0.2, 0.25) is 0 Å². The van der Waals surface area contributed by atoms with E-state index in [1.165, 1.54) is 12.1 Å². The average Bonchev–Trinajstić information content (AvgIpc) is 2.79. The second-order valence-corrected chi connectivity index (χ2v) is 8.81. The van der Waals surface area contributed by atoms with Gasteiger partial charge in [-0.05, 0) is 36.5 Å². The highest BCUT2D eigenvalue weighted by molar-refractivity contribution is 7.91. The molecule has 1 fully saturated rings. The zero-order valence-electron chi connectivity index (χ0n) is 11.3. The number of hydrogen-bond acceptors (Lipinski definition) is 2. The van der Waals surface area contributed by atoms with Crippen molar-refractivity contribution in [1.82, 2.24) is 0 Å². The van der Waals surface area contributed by atoms with Crippen molar-refractivity contribution in [3.8, 4) is 0 Å². The van der Waals surface area contributed by atoms with Crippen molar-refractivity contribution < 1.29 is 12.8 Å². The van der Waals surface area contributed by atoms with Crippen LogP contribution in [-0.2, 0) is 16.3 Å². The molecule has 1 atom stereocenters.